The maximum Gasteiger partial charge on any atom is 0.211 e. The van der Waals surface area contributed by atoms with Crippen LogP contribution in [-0.4, -0.2) is 51.9 Å². The van der Waals surface area contributed by atoms with Gasteiger partial charge in [-0.05, 0) is 50.6 Å². The lowest BCUT2D eigenvalue weighted by atomic mass is 9.93. The zero-order chi connectivity index (χ0) is 17.7. The summed E-state index contributed by atoms with van der Waals surface area (Å²) in [6, 6.07) is 8.08. The molecule has 1 aliphatic heterocycles. The molecule has 2 atom stereocenters. The number of ether oxygens (including phenoxy) is 1. The number of nitrogens with one attached hydrogen (secondary N) is 1. The second-order valence-corrected chi connectivity index (χ2v) is 9.02. The fourth-order valence-corrected chi connectivity index (χ4v) is 3.86. The third-order valence-corrected chi connectivity index (χ3v) is 6.10. The van der Waals surface area contributed by atoms with Gasteiger partial charge in [0.05, 0.1) is 12.4 Å². The van der Waals surface area contributed by atoms with Crippen molar-refractivity contribution in [3.8, 4) is 5.75 Å². The molecule has 6 heteroatoms. The Morgan fingerprint density at radius 1 is 1.29 bits per heavy atom. The number of hydrogen-bond donors (Lipinski definition) is 1. The summed E-state index contributed by atoms with van der Waals surface area (Å²) in [5, 5.41) is 0. The van der Waals surface area contributed by atoms with Crippen molar-refractivity contribution in [3.05, 3.63) is 29.8 Å². The first-order valence-corrected chi connectivity index (χ1v) is 10.4. The van der Waals surface area contributed by atoms with Gasteiger partial charge < -0.3 is 9.64 Å². The molecule has 5 nitrogen and oxygen atoms in total. The summed E-state index contributed by atoms with van der Waals surface area (Å²) in [4.78, 5) is 2.16. The molecule has 0 amide bonds. The average Bonchev–Trinajstić information content (AvgIpc) is 2.54. The highest BCUT2D eigenvalue weighted by atomic mass is 32.2. The number of benzene rings is 1. The van der Waals surface area contributed by atoms with Gasteiger partial charge in [0.1, 0.15) is 5.75 Å². The number of rotatable bonds is 7. The Morgan fingerprint density at radius 3 is 2.54 bits per heavy atom. The largest absolute Gasteiger partial charge is 0.493 e. The third kappa shape index (κ3) is 5.46. The first-order valence-electron chi connectivity index (χ1n) is 8.72. The van der Waals surface area contributed by atoms with Crippen molar-refractivity contribution in [2.75, 3.05) is 32.5 Å². The molecule has 1 aromatic carbocycles. The summed E-state index contributed by atoms with van der Waals surface area (Å²) in [6.45, 7) is 8.21. The Labute approximate surface area is 146 Å². The highest BCUT2D eigenvalue weighted by Gasteiger charge is 2.31. The van der Waals surface area contributed by atoms with Gasteiger partial charge in [-0.1, -0.05) is 26.0 Å². The number of nitrogens with zero attached hydrogens (tertiary/aromatic N) is 1. The van der Waals surface area contributed by atoms with Crippen molar-refractivity contribution in [3.63, 3.8) is 0 Å². The van der Waals surface area contributed by atoms with E-state index in [0.717, 1.165) is 25.3 Å². The molecule has 0 bridgehead atoms. The summed E-state index contributed by atoms with van der Waals surface area (Å²) in [6.07, 6.45) is 0.928. The lowest BCUT2D eigenvalue weighted by molar-refractivity contribution is 0.131. The second-order valence-electron chi connectivity index (χ2n) is 6.97. The van der Waals surface area contributed by atoms with E-state index in [2.05, 4.69) is 35.6 Å². The van der Waals surface area contributed by atoms with Gasteiger partial charge in [0.15, 0.2) is 0 Å². The monoisotopic (exact) mass is 354 g/mol. The van der Waals surface area contributed by atoms with Crippen LogP contribution >= 0.6 is 0 Å². The van der Waals surface area contributed by atoms with E-state index in [4.69, 9.17) is 4.74 Å². The molecule has 0 spiro atoms. The lowest BCUT2D eigenvalue weighted by Gasteiger charge is -2.36. The van der Waals surface area contributed by atoms with Gasteiger partial charge in [-0.2, -0.15) is 0 Å². The molecule has 0 saturated carbocycles. The van der Waals surface area contributed by atoms with E-state index < -0.39 is 10.0 Å². The van der Waals surface area contributed by atoms with Crippen LogP contribution < -0.4 is 9.46 Å². The zero-order valence-corrected chi connectivity index (χ0v) is 16.0. The minimum absolute atomic E-state index is 0.0939. The van der Waals surface area contributed by atoms with Crippen LogP contribution in [0, 0.1) is 5.92 Å². The molecule has 0 aromatic heterocycles. The number of likely N-dealkylation sites (tertiary alicyclic amines) is 1. The van der Waals surface area contributed by atoms with Crippen LogP contribution in [0.1, 0.15) is 38.7 Å². The molecule has 0 unspecified atom stereocenters. The van der Waals surface area contributed by atoms with Gasteiger partial charge in [-0.3, -0.25) is 0 Å². The summed E-state index contributed by atoms with van der Waals surface area (Å²) < 4.78 is 32.6. The van der Waals surface area contributed by atoms with Crippen LogP contribution in [0.4, 0.5) is 0 Å². The van der Waals surface area contributed by atoms with Crippen LogP contribution in [0.2, 0.25) is 0 Å². The standard InChI is InChI=1S/C18H30N2O3S/c1-5-24(21,22)19-18-12-20(4)11-10-16(18)13-23-17-8-6-15(7-9-17)14(2)3/h6-9,14,16,18-19H,5,10-13H2,1-4H3/t16-,18-/m1/s1. The van der Waals surface area contributed by atoms with E-state index in [-0.39, 0.29) is 17.7 Å². The molecular weight excluding hydrogens is 324 g/mol. The minimum Gasteiger partial charge on any atom is -0.493 e. The molecule has 2 rings (SSSR count). The highest BCUT2D eigenvalue weighted by Crippen LogP contribution is 2.22. The zero-order valence-electron chi connectivity index (χ0n) is 15.2. The van der Waals surface area contributed by atoms with Crippen LogP contribution in [0.5, 0.6) is 5.75 Å². The van der Waals surface area contributed by atoms with E-state index in [0.29, 0.717) is 12.5 Å². The average molecular weight is 355 g/mol. The third-order valence-electron chi connectivity index (χ3n) is 4.68. The minimum atomic E-state index is -3.21. The molecule has 1 fully saturated rings. The van der Waals surface area contributed by atoms with Crippen LogP contribution in [0.3, 0.4) is 0 Å². The number of piperidine rings is 1. The Kier molecular flexibility index (Phi) is 6.66. The van der Waals surface area contributed by atoms with Gasteiger partial charge >= 0.3 is 0 Å². The van der Waals surface area contributed by atoms with Crippen molar-refractivity contribution in [2.45, 2.75) is 39.2 Å². The SMILES string of the molecule is CCS(=O)(=O)N[C@@H]1CN(C)CC[C@@H]1COc1ccc(C(C)C)cc1. The van der Waals surface area contributed by atoms with Crippen molar-refractivity contribution in [1.82, 2.24) is 9.62 Å². The topological polar surface area (TPSA) is 58.6 Å². The summed E-state index contributed by atoms with van der Waals surface area (Å²) in [5.41, 5.74) is 1.29. The van der Waals surface area contributed by atoms with Gasteiger partial charge in [0, 0.05) is 18.5 Å². The molecule has 1 heterocycles. The molecule has 1 aromatic rings. The van der Waals surface area contributed by atoms with Crippen LogP contribution in [-0.2, 0) is 10.0 Å². The first kappa shape index (κ1) is 19.2. The maximum absolute atomic E-state index is 11.9. The Bertz CT molecular complexity index is 614. The fourth-order valence-electron chi connectivity index (χ4n) is 2.96. The van der Waals surface area contributed by atoms with Crippen LogP contribution in [0.15, 0.2) is 24.3 Å². The summed E-state index contributed by atoms with van der Waals surface area (Å²) in [7, 11) is -1.18. The van der Waals surface area contributed by atoms with Crippen molar-refractivity contribution >= 4 is 10.0 Å². The van der Waals surface area contributed by atoms with E-state index in [1.807, 2.05) is 19.2 Å². The molecule has 1 saturated heterocycles. The van der Waals surface area contributed by atoms with Crippen molar-refractivity contribution in [1.29, 1.82) is 0 Å². The smallest absolute Gasteiger partial charge is 0.211 e. The molecule has 136 valence electrons. The predicted molar refractivity (Wildman–Crippen MR) is 98.0 cm³/mol. The highest BCUT2D eigenvalue weighted by molar-refractivity contribution is 7.89. The predicted octanol–water partition coefficient (Wildman–Crippen LogP) is 2.45. The normalized spacial score (nSPS) is 22.7. The van der Waals surface area contributed by atoms with Gasteiger partial charge in [0.25, 0.3) is 0 Å². The van der Waals surface area contributed by atoms with Crippen LogP contribution in [0.25, 0.3) is 0 Å². The van der Waals surface area contributed by atoms with E-state index in [1.54, 1.807) is 6.92 Å². The van der Waals surface area contributed by atoms with E-state index in [9.17, 15) is 8.42 Å². The molecule has 0 aliphatic carbocycles. The molecule has 0 radical (unpaired) electrons. The molecule has 24 heavy (non-hydrogen) atoms. The summed E-state index contributed by atoms with van der Waals surface area (Å²) >= 11 is 0. The summed E-state index contributed by atoms with van der Waals surface area (Å²) in [5.74, 6) is 1.64. The molecule has 1 N–H and O–H groups in total. The van der Waals surface area contributed by atoms with Crippen molar-refractivity contribution in [2.24, 2.45) is 5.92 Å². The second kappa shape index (κ2) is 8.32. The first-order chi connectivity index (χ1) is 11.3. The van der Waals surface area contributed by atoms with Gasteiger partial charge in [-0.15, -0.1) is 0 Å². The Morgan fingerprint density at radius 2 is 1.96 bits per heavy atom. The van der Waals surface area contributed by atoms with Crippen molar-refractivity contribution < 1.29 is 13.2 Å². The molecule has 1 aliphatic rings. The number of sulfonamides is 1. The fraction of sp³-hybridized carbons (Fsp3) is 0.667. The Balaban J connectivity index is 1.97. The quantitative estimate of drug-likeness (QED) is 0.817. The van der Waals surface area contributed by atoms with Gasteiger partial charge in [-0.25, -0.2) is 13.1 Å². The maximum atomic E-state index is 11.9. The number of hydrogen-bond acceptors (Lipinski definition) is 4. The Hall–Kier alpha value is -1.11. The van der Waals surface area contributed by atoms with E-state index >= 15 is 0 Å². The number of likely N-dealkylation sites (N-methyl/N-ethyl adjacent to an activating group) is 1. The van der Waals surface area contributed by atoms with E-state index in [1.165, 1.54) is 5.56 Å². The lowest BCUT2D eigenvalue weighted by Crippen LogP contribution is -2.53. The molecular formula is C18H30N2O3S. The van der Waals surface area contributed by atoms with Gasteiger partial charge in [0.2, 0.25) is 10.0 Å².